The number of aromatic nitrogens is 4. The monoisotopic (exact) mass is 572 g/mol. The van der Waals surface area contributed by atoms with E-state index in [2.05, 4.69) is 20.3 Å². The summed E-state index contributed by atoms with van der Waals surface area (Å²) in [4.78, 5) is 46.5. The molecular formula is C25H25ClN6O4S2. The van der Waals surface area contributed by atoms with Crippen LogP contribution in [0.5, 0.6) is 0 Å². The number of likely N-dealkylation sites (tertiary alicyclic amines) is 1. The number of methoxy groups -OCH3 is 1. The molecule has 5 heterocycles. The van der Waals surface area contributed by atoms with Crippen molar-refractivity contribution < 1.29 is 14.3 Å². The predicted molar refractivity (Wildman–Crippen MR) is 147 cm³/mol. The fourth-order valence-electron chi connectivity index (χ4n) is 4.39. The summed E-state index contributed by atoms with van der Waals surface area (Å²) in [5.41, 5.74) is 0.494. The molecule has 1 aliphatic rings. The maximum Gasteiger partial charge on any atom is 0.340 e. The van der Waals surface area contributed by atoms with Gasteiger partial charge >= 0.3 is 11.9 Å². The van der Waals surface area contributed by atoms with Gasteiger partial charge in [-0.15, -0.1) is 22.7 Å². The molecule has 4 aromatic heterocycles. The highest BCUT2D eigenvalue weighted by molar-refractivity contribution is 7.16. The van der Waals surface area contributed by atoms with Crippen LogP contribution in [0.25, 0.3) is 11.4 Å². The molecule has 4 aromatic rings. The summed E-state index contributed by atoms with van der Waals surface area (Å²) in [6.45, 7) is 2.39. The molecular weight excluding hydrogens is 548 g/mol. The number of halogens is 1. The Bertz CT molecular complexity index is 1500. The Labute approximate surface area is 231 Å². The summed E-state index contributed by atoms with van der Waals surface area (Å²) >= 11 is 8.70. The fraction of sp³-hybridized carbons (Fsp3) is 0.320. The number of nitrogens with zero attached hydrogens (tertiary/aromatic N) is 5. The van der Waals surface area contributed by atoms with Crippen LogP contribution in [0.3, 0.4) is 0 Å². The molecule has 0 unspecified atom stereocenters. The highest BCUT2D eigenvalue weighted by Crippen LogP contribution is 2.28. The topological polar surface area (TPSA) is 111 Å². The average molecular weight is 573 g/mol. The number of rotatable bonds is 8. The Hall–Kier alpha value is -3.32. The Balaban J connectivity index is 1.61. The number of thiazole rings is 1. The molecule has 198 valence electrons. The summed E-state index contributed by atoms with van der Waals surface area (Å²) in [5.74, 6) is -0.643. The first kappa shape index (κ1) is 26.3. The van der Waals surface area contributed by atoms with Crippen LogP contribution in [0.1, 0.15) is 44.3 Å². The first-order valence-electron chi connectivity index (χ1n) is 12.0. The Morgan fingerprint density at radius 3 is 2.66 bits per heavy atom. The van der Waals surface area contributed by atoms with Gasteiger partial charge in [0.1, 0.15) is 11.5 Å². The van der Waals surface area contributed by atoms with Crippen molar-refractivity contribution in [3.63, 3.8) is 0 Å². The van der Waals surface area contributed by atoms with Gasteiger partial charge in [0.2, 0.25) is 0 Å². The largest absolute Gasteiger partial charge is 0.465 e. The predicted octanol–water partition coefficient (Wildman–Crippen LogP) is 4.41. The zero-order valence-corrected chi connectivity index (χ0v) is 22.9. The van der Waals surface area contributed by atoms with Gasteiger partial charge < -0.3 is 10.1 Å². The molecule has 0 amide bonds. The van der Waals surface area contributed by atoms with Gasteiger partial charge in [0.15, 0.2) is 5.01 Å². The molecule has 0 spiro atoms. The molecule has 0 radical (unpaired) electrons. The van der Waals surface area contributed by atoms with E-state index in [1.807, 2.05) is 6.07 Å². The number of nitrogens with one attached hydrogen (secondary N) is 1. The van der Waals surface area contributed by atoms with Crippen LogP contribution >= 0.6 is 34.3 Å². The first-order chi connectivity index (χ1) is 18.4. The van der Waals surface area contributed by atoms with Gasteiger partial charge in [-0.1, -0.05) is 18.0 Å². The number of anilines is 1. The lowest BCUT2D eigenvalue weighted by molar-refractivity contribution is 0.0600. The minimum absolute atomic E-state index is 0.187. The fourth-order valence-corrected chi connectivity index (χ4v) is 5.98. The second kappa shape index (κ2) is 11.6. The van der Waals surface area contributed by atoms with E-state index in [9.17, 15) is 14.4 Å². The van der Waals surface area contributed by atoms with Crippen LogP contribution in [0.2, 0.25) is 4.34 Å². The lowest BCUT2D eigenvalue weighted by atomic mass is 10.1. The summed E-state index contributed by atoms with van der Waals surface area (Å²) in [6.07, 6.45) is 4.77. The molecule has 0 bridgehead atoms. The first-order valence-corrected chi connectivity index (χ1v) is 14.1. The van der Waals surface area contributed by atoms with Gasteiger partial charge in [-0.2, -0.15) is 9.78 Å². The quantitative estimate of drug-likeness (QED) is 0.309. The van der Waals surface area contributed by atoms with E-state index in [1.54, 1.807) is 23.7 Å². The molecule has 1 aliphatic heterocycles. The molecule has 13 heteroatoms. The number of esters is 1. The second-order valence-corrected chi connectivity index (χ2v) is 11.4. The van der Waals surface area contributed by atoms with Crippen LogP contribution in [0.4, 0.5) is 5.82 Å². The minimum atomic E-state index is -0.601. The number of hydrogen-bond donors (Lipinski definition) is 1. The molecule has 5 rings (SSSR count). The van der Waals surface area contributed by atoms with Gasteiger partial charge in [-0.3, -0.25) is 19.1 Å². The van der Waals surface area contributed by atoms with Crippen molar-refractivity contribution in [3.05, 3.63) is 72.0 Å². The zero-order valence-electron chi connectivity index (χ0n) is 20.6. The van der Waals surface area contributed by atoms with Crippen LogP contribution in [0, 0.1) is 0 Å². The Kier molecular flexibility index (Phi) is 8.03. The lowest BCUT2D eigenvalue weighted by Gasteiger charge is -2.28. The van der Waals surface area contributed by atoms with Crippen LogP contribution in [-0.2, 0) is 18.0 Å². The summed E-state index contributed by atoms with van der Waals surface area (Å²) in [6, 6.07) is 8.16. The molecule has 0 atom stereocenters. The summed E-state index contributed by atoms with van der Waals surface area (Å²) in [7, 11) is 1.29. The van der Waals surface area contributed by atoms with E-state index >= 15 is 0 Å². The van der Waals surface area contributed by atoms with Crippen LogP contribution in [-0.4, -0.2) is 56.3 Å². The molecule has 1 saturated heterocycles. The number of hydrogen-bond acceptors (Lipinski definition) is 10. The maximum absolute atomic E-state index is 13.4. The van der Waals surface area contributed by atoms with E-state index in [0.717, 1.165) is 37.2 Å². The minimum Gasteiger partial charge on any atom is -0.465 e. The van der Waals surface area contributed by atoms with Crippen molar-refractivity contribution in [3.8, 4) is 11.4 Å². The number of thiophene rings is 1. The standard InChI is InChI=1S/C25H25ClN6O4S2/c1-36-25(35)17-6-8-21(33)31(15-30-10-3-2-4-11-30)22(17)18-13-20(28-14-16-5-7-19(26)38-16)32(29-18)24(34)23-27-9-12-37-23/h5-9,12-13,28H,2-4,10-11,14-15H2,1H3. The highest BCUT2D eigenvalue weighted by atomic mass is 35.5. The van der Waals surface area contributed by atoms with E-state index < -0.39 is 11.9 Å². The van der Waals surface area contributed by atoms with Gasteiger partial charge in [-0.05, 0) is 44.1 Å². The molecule has 0 saturated carbocycles. The normalized spacial score (nSPS) is 13.9. The summed E-state index contributed by atoms with van der Waals surface area (Å²) in [5, 5.41) is 9.80. The molecule has 0 aliphatic carbocycles. The number of pyridine rings is 1. The third-order valence-electron chi connectivity index (χ3n) is 6.21. The smallest absolute Gasteiger partial charge is 0.340 e. The molecule has 10 nitrogen and oxygen atoms in total. The maximum atomic E-state index is 13.4. The van der Waals surface area contributed by atoms with Crippen molar-refractivity contribution in [1.82, 2.24) is 24.2 Å². The van der Waals surface area contributed by atoms with Gasteiger partial charge in [0.25, 0.3) is 5.56 Å². The van der Waals surface area contributed by atoms with Gasteiger partial charge in [0.05, 0.1) is 35.9 Å². The molecule has 38 heavy (non-hydrogen) atoms. The molecule has 1 N–H and O–H groups in total. The van der Waals surface area contributed by atoms with Crippen molar-refractivity contribution in [2.45, 2.75) is 32.5 Å². The van der Waals surface area contributed by atoms with Gasteiger partial charge in [-0.25, -0.2) is 9.78 Å². The third-order valence-corrected chi connectivity index (χ3v) is 8.20. The van der Waals surface area contributed by atoms with Crippen LogP contribution in [0.15, 0.2) is 46.7 Å². The molecule has 1 fully saturated rings. The number of piperidine rings is 1. The Morgan fingerprint density at radius 2 is 1.97 bits per heavy atom. The van der Waals surface area contributed by atoms with Crippen molar-refractivity contribution in [1.29, 1.82) is 0 Å². The third kappa shape index (κ3) is 5.58. The zero-order chi connectivity index (χ0) is 26.6. The number of carbonyl (C=O) groups excluding carboxylic acids is 2. The van der Waals surface area contributed by atoms with E-state index in [-0.39, 0.29) is 21.8 Å². The average Bonchev–Trinajstić information content (AvgIpc) is 3.70. The summed E-state index contributed by atoms with van der Waals surface area (Å²) < 4.78 is 8.43. The van der Waals surface area contributed by atoms with E-state index in [0.29, 0.717) is 29.1 Å². The molecule has 0 aromatic carbocycles. The van der Waals surface area contributed by atoms with Crippen molar-refractivity contribution in [2.75, 3.05) is 25.5 Å². The lowest BCUT2D eigenvalue weighted by Crippen LogP contribution is -2.37. The number of carbonyl (C=O) groups is 2. The highest BCUT2D eigenvalue weighted by Gasteiger charge is 2.26. The van der Waals surface area contributed by atoms with Crippen molar-refractivity contribution in [2.24, 2.45) is 0 Å². The second-order valence-electron chi connectivity index (χ2n) is 8.70. The number of ether oxygens (including phenoxy) is 1. The van der Waals surface area contributed by atoms with E-state index in [1.165, 1.54) is 51.2 Å². The Morgan fingerprint density at radius 1 is 1.16 bits per heavy atom. The van der Waals surface area contributed by atoms with Crippen LogP contribution < -0.4 is 10.9 Å². The van der Waals surface area contributed by atoms with E-state index in [4.69, 9.17) is 16.3 Å². The van der Waals surface area contributed by atoms with Crippen molar-refractivity contribution >= 4 is 52.0 Å². The SMILES string of the molecule is COC(=O)c1ccc(=O)n(CN2CCCCC2)c1-c1cc(NCc2ccc(Cl)s2)n(C(=O)c2nccs2)n1. The van der Waals surface area contributed by atoms with Gasteiger partial charge in [0, 0.05) is 28.6 Å².